The standard InChI is InChI=1S/C15H21F3N2O/c1-3-9-14(2,19)13(21)20-12(15(16,17)18)10-11-7-5-4-6-8-11/h4-8,12H,3,9-10,19H2,1-2H3,(H,20,21). The zero-order valence-corrected chi connectivity index (χ0v) is 12.2. The Hall–Kier alpha value is -1.56. The Morgan fingerprint density at radius 2 is 1.86 bits per heavy atom. The molecule has 21 heavy (non-hydrogen) atoms. The fourth-order valence-corrected chi connectivity index (χ4v) is 2.05. The molecule has 0 bridgehead atoms. The molecule has 0 saturated heterocycles. The monoisotopic (exact) mass is 302 g/mol. The van der Waals surface area contributed by atoms with E-state index in [1.165, 1.54) is 6.92 Å². The van der Waals surface area contributed by atoms with Crippen LogP contribution in [0.2, 0.25) is 0 Å². The molecule has 0 spiro atoms. The molecule has 0 fully saturated rings. The second-order valence-electron chi connectivity index (χ2n) is 5.42. The smallest absolute Gasteiger partial charge is 0.343 e. The molecule has 0 aliphatic carbocycles. The normalized spacial score (nSPS) is 16.1. The van der Waals surface area contributed by atoms with Gasteiger partial charge >= 0.3 is 6.18 Å². The molecule has 118 valence electrons. The number of alkyl halides is 3. The highest BCUT2D eigenvalue weighted by molar-refractivity contribution is 5.85. The van der Waals surface area contributed by atoms with Crippen molar-refractivity contribution >= 4 is 5.91 Å². The Kier molecular flexibility index (Phi) is 5.78. The van der Waals surface area contributed by atoms with Crippen molar-refractivity contribution in [1.82, 2.24) is 5.32 Å². The highest BCUT2D eigenvalue weighted by Gasteiger charge is 2.42. The zero-order chi connectivity index (χ0) is 16.1. The first-order chi connectivity index (χ1) is 9.66. The van der Waals surface area contributed by atoms with E-state index < -0.39 is 23.7 Å². The fourth-order valence-electron chi connectivity index (χ4n) is 2.05. The number of amides is 1. The number of hydrogen-bond donors (Lipinski definition) is 2. The van der Waals surface area contributed by atoms with Gasteiger partial charge in [-0.2, -0.15) is 13.2 Å². The predicted molar refractivity (Wildman–Crippen MR) is 75.6 cm³/mol. The molecule has 1 aromatic rings. The number of hydrogen-bond acceptors (Lipinski definition) is 2. The molecule has 3 N–H and O–H groups in total. The van der Waals surface area contributed by atoms with Gasteiger partial charge < -0.3 is 11.1 Å². The molecule has 1 amide bonds. The fraction of sp³-hybridized carbons (Fsp3) is 0.533. The van der Waals surface area contributed by atoms with E-state index in [1.807, 2.05) is 12.2 Å². The molecule has 0 aliphatic rings. The predicted octanol–water partition coefficient (Wildman–Crippen LogP) is 2.79. The molecule has 0 saturated carbocycles. The Labute approximate surface area is 122 Å². The quantitative estimate of drug-likeness (QED) is 0.849. The molecule has 1 aromatic carbocycles. The Morgan fingerprint density at radius 1 is 1.29 bits per heavy atom. The third kappa shape index (κ3) is 5.38. The van der Waals surface area contributed by atoms with Gasteiger partial charge in [0.2, 0.25) is 5.91 Å². The van der Waals surface area contributed by atoms with Crippen LogP contribution in [0.5, 0.6) is 0 Å². The second-order valence-corrected chi connectivity index (χ2v) is 5.42. The SMILES string of the molecule is CCCC(C)(N)C(=O)NC(Cc1ccccc1)C(F)(F)F. The van der Waals surface area contributed by atoms with Gasteiger partial charge in [0, 0.05) is 6.42 Å². The lowest BCUT2D eigenvalue weighted by atomic mass is 9.95. The maximum absolute atomic E-state index is 13.1. The summed E-state index contributed by atoms with van der Waals surface area (Å²) in [5.41, 5.74) is 4.99. The lowest BCUT2D eigenvalue weighted by molar-refractivity contribution is -0.163. The van der Waals surface area contributed by atoms with Crippen molar-refractivity contribution in [1.29, 1.82) is 0 Å². The van der Waals surface area contributed by atoms with Crippen molar-refractivity contribution < 1.29 is 18.0 Å². The molecule has 1 rings (SSSR count). The van der Waals surface area contributed by atoms with Crippen LogP contribution in [0.3, 0.4) is 0 Å². The summed E-state index contributed by atoms with van der Waals surface area (Å²) in [6, 6.07) is 6.30. The van der Waals surface area contributed by atoms with Crippen molar-refractivity contribution in [3.05, 3.63) is 35.9 Å². The minimum absolute atomic E-state index is 0.307. The molecule has 0 heterocycles. The van der Waals surface area contributed by atoms with E-state index in [9.17, 15) is 18.0 Å². The molecule has 6 heteroatoms. The third-order valence-corrected chi connectivity index (χ3v) is 3.27. The number of halogens is 3. The Balaban J connectivity index is 2.83. The summed E-state index contributed by atoms with van der Waals surface area (Å²) < 4.78 is 39.3. The topological polar surface area (TPSA) is 55.1 Å². The maximum atomic E-state index is 13.1. The molecule has 0 aliphatic heterocycles. The van der Waals surface area contributed by atoms with E-state index in [-0.39, 0.29) is 6.42 Å². The van der Waals surface area contributed by atoms with E-state index in [0.29, 0.717) is 18.4 Å². The average Bonchev–Trinajstić information content (AvgIpc) is 2.38. The number of nitrogens with two attached hydrogens (primary N) is 1. The van der Waals surface area contributed by atoms with E-state index in [0.717, 1.165) is 0 Å². The van der Waals surface area contributed by atoms with Gasteiger partial charge in [-0.3, -0.25) is 4.79 Å². The molecule has 2 unspecified atom stereocenters. The molecular formula is C15H21F3N2O. The van der Waals surface area contributed by atoms with Crippen LogP contribution in [0.15, 0.2) is 30.3 Å². The zero-order valence-electron chi connectivity index (χ0n) is 12.2. The number of rotatable bonds is 6. The summed E-state index contributed by atoms with van der Waals surface area (Å²) in [4.78, 5) is 12.0. The summed E-state index contributed by atoms with van der Waals surface area (Å²) in [5.74, 6) is -0.775. The first-order valence-corrected chi connectivity index (χ1v) is 6.87. The van der Waals surface area contributed by atoms with E-state index in [1.54, 1.807) is 30.3 Å². The van der Waals surface area contributed by atoms with Crippen molar-refractivity contribution in [3.8, 4) is 0 Å². The van der Waals surface area contributed by atoms with E-state index in [4.69, 9.17) is 5.73 Å². The summed E-state index contributed by atoms with van der Waals surface area (Å²) in [7, 11) is 0. The van der Waals surface area contributed by atoms with Crippen molar-refractivity contribution in [3.63, 3.8) is 0 Å². The molecule has 0 aromatic heterocycles. The first-order valence-electron chi connectivity index (χ1n) is 6.87. The molecule has 0 radical (unpaired) electrons. The first kappa shape index (κ1) is 17.5. The largest absolute Gasteiger partial charge is 0.408 e. The highest BCUT2D eigenvalue weighted by Crippen LogP contribution is 2.24. The lowest BCUT2D eigenvalue weighted by Crippen LogP contribution is -2.57. The van der Waals surface area contributed by atoms with E-state index >= 15 is 0 Å². The maximum Gasteiger partial charge on any atom is 0.408 e. The van der Waals surface area contributed by atoms with Gasteiger partial charge in [0.1, 0.15) is 6.04 Å². The summed E-state index contributed by atoms with van der Waals surface area (Å²) in [6.07, 6.45) is -3.88. The minimum atomic E-state index is -4.52. The molecule has 2 atom stereocenters. The lowest BCUT2D eigenvalue weighted by Gasteiger charge is -2.28. The average molecular weight is 302 g/mol. The number of benzene rings is 1. The molecule has 3 nitrogen and oxygen atoms in total. The van der Waals surface area contributed by atoms with Crippen molar-refractivity contribution in [2.24, 2.45) is 5.73 Å². The van der Waals surface area contributed by atoms with Crippen LogP contribution in [0, 0.1) is 0 Å². The van der Waals surface area contributed by atoms with Crippen LogP contribution >= 0.6 is 0 Å². The van der Waals surface area contributed by atoms with Crippen molar-refractivity contribution in [2.45, 2.75) is 50.9 Å². The Bertz CT molecular complexity index is 458. The Morgan fingerprint density at radius 3 is 2.33 bits per heavy atom. The van der Waals surface area contributed by atoms with Gasteiger partial charge in [-0.05, 0) is 18.9 Å². The van der Waals surface area contributed by atoms with E-state index in [2.05, 4.69) is 0 Å². The van der Waals surface area contributed by atoms with Crippen LogP contribution in [0.1, 0.15) is 32.3 Å². The third-order valence-electron chi connectivity index (χ3n) is 3.27. The van der Waals surface area contributed by atoms with Gasteiger partial charge in [-0.15, -0.1) is 0 Å². The van der Waals surface area contributed by atoms with Crippen LogP contribution in [-0.2, 0) is 11.2 Å². The van der Waals surface area contributed by atoms with Crippen LogP contribution in [0.4, 0.5) is 13.2 Å². The number of carbonyl (C=O) groups excluding carboxylic acids is 1. The highest BCUT2D eigenvalue weighted by atomic mass is 19.4. The van der Waals surface area contributed by atoms with Gasteiger partial charge in [-0.1, -0.05) is 43.7 Å². The van der Waals surface area contributed by atoms with Crippen LogP contribution in [0.25, 0.3) is 0 Å². The van der Waals surface area contributed by atoms with Crippen LogP contribution in [-0.4, -0.2) is 23.7 Å². The summed E-state index contributed by atoms with van der Waals surface area (Å²) in [6.45, 7) is 3.27. The van der Waals surface area contributed by atoms with Gasteiger partial charge in [0.15, 0.2) is 0 Å². The minimum Gasteiger partial charge on any atom is -0.343 e. The summed E-state index contributed by atoms with van der Waals surface area (Å²) in [5, 5.41) is 2.04. The second kappa shape index (κ2) is 6.93. The number of carbonyl (C=O) groups is 1. The summed E-state index contributed by atoms with van der Waals surface area (Å²) >= 11 is 0. The van der Waals surface area contributed by atoms with Gasteiger partial charge in [-0.25, -0.2) is 0 Å². The van der Waals surface area contributed by atoms with Crippen LogP contribution < -0.4 is 11.1 Å². The number of nitrogens with one attached hydrogen (secondary N) is 1. The van der Waals surface area contributed by atoms with Gasteiger partial charge in [0.05, 0.1) is 5.54 Å². The van der Waals surface area contributed by atoms with Crippen molar-refractivity contribution in [2.75, 3.05) is 0 Å². The molecular weight excluding hydrogens is 281 g/mol. The van der Waals surface area contributed by atoms with Gasteiger partial charge in [0.25, 0.3) is 0 Å².